The summed E-state index contributed by atoms with van der Waals surface area (Å²) in [4.78, 5) is 21.7. The van der Waals surface area contributed by atoms with Crippen molar-refractivity contribution in [2.75, 3.05) is 5.43 Å². The molecule has 22 heavy (non-hydrogen) atoms. The lowest BCUT2D eigenvalue weighted by Crippen LogP contribution is -2.01. The van der Waals surface area contributed by atoms with E-state index in [1.54, 1.807) is 42.6 Å². The number of anilines is 1. The van der Waals surface area contributed by atoms with Crippen molar-refractivity contribution in [3.05, 3.63) is 59.7 Å². The summed E-state index contributed by atoms with van der Waals surface area (Å²) in [5, 5.41) is 12.9. The van der Waals surface area contributed by atoms with E-state index in [1.165, 1.54) is 19.1 Å². The number of rotatable bonds is 5. The van der Waals surface area contributed by atoms with E-state index in [4.69, 9.17) is 9.84 Å². The summed E-state index contributed by atoms with van der Waals surface area (Å²) in [7, 11) is 0. The highest BCUT2D eigenvalue weighted by atomic mass is 16.5. The van der Waals surface area contributed by atoms with Gasteiger partial charge in [-0.15, -0.1) is 0 Å². The summed E-state index contributed by atoms with van der Waals surface area (Å²) in [6.07, 6.45) is 1.57. The molecule has 0 bridgehead atoms. The standard InChI is InChI=1S/C16H14N2O4/c1-11(19)22-15-7-5-12(6-8-15)10-17-18-14-4-2-3-13(9-14)16(20)21/h2-10,18H,1H3,(H,20,21)/b17-10+. The van der Waals surface area contributed by atoms with Gasteiger partial charge in [0.15, 0.2) is 0 Å². The molecule has 112 valence electrons. The van der Waals surface area contributed by atoms with Crippen LogP contribution in [0, 0.1) is 0 Å². The second-order valence-electron chi connectivity index (χ2n) is 4.42. The first-order chi connectivity index (χ1) is 10.5. The molecule has 0 atom stereocenters. The third kappa shape index (κ3) is 4.45. The average molecular weight is 298 g/mol. The Bertz CT molecular complexity index is 708. The van der Waals surface area contributed by atoms with Crippen LogP contribution in [0.25, 0.3) is 0 Å². The van der Waals surface area contributed by atoms with Crippen LogP contribution in [0.3, 0.4) is 0 Å². The fourth-order valence-corrected chi connectivity index (χ4v) is 1.69. The van der Waals surface area contributed by atoms with E-state index < -0.39 is 5.97 Å². The van der Waals surface area contributed by atoms with Crippen LogP contribution in [-0.2, 0) is 4.79 Å². The minimum absolute atomic E-state index is 0.186. The quantitative estimate of drug-likeness (QED) is 0.383. The van der Waals surface area contributed by atoms with Crippen LogP contribution >= 0.6 is 0 Å². The zero-order valence-electron chi connectivity index (χ0n) is 11.8. The number of nitrogens with zero attached hydrogens (tertiary/aromatic N) is 1. The number of hydrogen-bond acceptors (Lipinski definition) is 5. The molecular weight excluding hydrogens is 284 g/mol. The SMILES string of the molecule is CC(=O)Oc1ccc(/C=N/Nc2cccc(C(=O)O)c2)cc1. The topological polar surface area (TPSA) is 88.0 Å². The molecule has 2 aromatic carbocycles. The minimum Gasteiger partial charge on any atom is -0.478 e. The Balaban J connectivity index is 1.99. The number of ether oxygens (including phenoxy) is 1. The Labute approximate surface area is 127 Å². The van der Waals surface area contributed by atoms with Crippen LogP contribution in [0.5, 0.6) is 5.75 Å². The number of nitrogens with one attached hydrogen (secondary N) is 1. The fourth-order valence-electron chi connectivity index (χ4n) is 1.69. The van der Waals surface area contributed by atoms with Gasteiger partial charge in [-0.2, -0.15) is 5.10 Å². The van der Waals surface area contributed by atoms with Gasteiger partial charge in [0.25, 0.3) is 0 Å². The van der Waals surface area contributed by atoms with Crippen molar-refractivity contribution in [1.29, 1.82) is 0 Å². The molecule has 6 heteroatoms. The number of hydrogen-bond donors (Lipinski definition) is 2. The van der Waals surface area contributed by atoms with Crippen LogP contribution in [0.15, 0.2) is 53.6 Å². The van der Waals surface area contributed by atoms with Crippen LogP contribution in [0.1, 0.15) is 22.8 Å². The Morgan fingerprint density at radius 1 is 1.18 bits per heavy atom. The van der Waals surface area contributed by atoms with Crippen molar-refractivity contribution in [2.45, 2.75) is 6.92 Å². The molecule has 0 spiro atoms. The number of carbonyl (C=O) groups excluding carboxylic acids is 1. The molecule has 0 aliphatic rings. The molecule has 0 saturated carbocycles. The number of benzene rings is 2. The van der Waals surface area contributed by atoms with E-state index in [2.05, 4.69) is 10.5 Å². The van der Waals surface area contributed by atoms with Gasteiger partial charge in [-0.05, 0) is 48.0 Å². The van der Waals surface area contributed by atoms with Gasteiger partial charge in [0.2, 0.25) is 0 Å². The van der Waals surface area contributed by atoms with Gasteiger partial charge in [0, 0.05) is 6.92 Å². The molecule has 0 radical (unpaired) electrons. The number of carboxylic acids is 1. The van der Waals surface area contributed by atoms with Gasteiger partial charge in [0.1, 0.15) is 5.75 Å². The van der Waals surface area contributed by atoms with Crippen molar-refractivity contribution < 1.29 is 19.4 Å². The Morgan fingerprint density at radius 2 is 1.91 bits per heavy atom. The van der Waals surface area contributed by atoms with Gasteiger partial charge in [-0.3, -0.25) is 10.2 Å². The number of carbonyl (C=O) groups is 2. The number of aromatic carboxylic acids is 1. The molecule has 0 amide bonds. The van der Waals surface area contributed by atoms with Gasteiger partial charge >= 0.3 is 11.9 Å². The van der Waals surface area contributed by atoms with Crippen LogP contribution < -0.4 is 10.2 Å². The number of carboxylic acid groups (broad SMARTS) is 1. The zero-order valence-corrected chi connectivity index (χ0v) is 11.8. The first-order valence-corrected chi connectivity index (χ1v) is 6.45. The van der Waals surface area contributed by atoms with E-state index in [0.29, 0.717) is 11.4 Å². The van der Waals surface area contributed by atoms with Crippen LogP contribution in [0.2, 0.25) is 0 Å². The molecular formula is C16H14N2O4. The molecule has 0 saturated heterocycles. The first-order valence-electron chi connectivity index (χ1n) is 6.45. The molecule has 2 N–H and O–H groups in total. The van der Waals surface area contributed by atoms with Crippen molar-refractivity contribution >= 4 is 23.8 Å². The third-order valence-electron chi connectivity index (χ3n) is 2.66. The predicted molar refractivity (Wildman–Crippen MR) is 82.4 cm³/mol. The molecule has 0 fully saturated rings. The van der Waals surface area contributed by atoms with Gasteiger partial charge in [0.05, 0.1) is 17.5 Å². The predicted octanol–water partition coefficient (Wildman–Crippen LogP) is 2.76. The largest absolute Gasteiger partial charge is 0.478 e. The van der Waals surface area contributed by atoms with Gasteiger partial charge in [-0.1, -0.05) is 6.07 Å². The molecule has 0 heterocycles. The van der Waals surface area contributed by atoms with Crippen LogP contribution in [-0.4, -0.2) is 23.3 Å². The molecule has 6 nitrogen and oxygen atoms in total. The zero-order chi connectivity index (χ0) is 15.9. The maximum absolute atomic E-state index is 10.9. The fraction of sp³-hybridized carbons (Fsp3) is 0.0625. The molecule has 0 unspecified atom stereocenters. The van der Waals surface area contributed by atoms with Gasteiger partial charge < -0.3 is 9.84 Å². The highest BCUT2D eigenvalue weighted by molar-refractivity contribution is 5.89. The normalized spacial score (nSPS) is 10.4. The van der Waals surface area contributed by atoms with E-state index >= 15 is 0 Å². The summed E-state index contributed by atoms with van der Waals surface area (Å²) in [5.74, 6) is -0.901. The van der Waals surface area contributed by atoms with Crippen LogP contribution in [0.4, 0.5) is 5.69 Å². The highest BCUT2D eigenvalue weighted by Crippen LogP contribution is 2.12. The average Bonchev–Trinajstić information content (AvgIpc) is 2.49. The van der Waals surface area contributed by atoms with Gasteiger partial charge in [-0.25, -0.2) is 4.79 Å². The summed E-state index contributed by atoms with van der Waals surface area (Å²) in [6, 6.07) is 13.2. The van der Waals surface area contributed by atoms with Crippen molar-refractivity contribution in [3.8, 4) is 5.75 Å². The lowest BCUT2D eigenvalue weighted by Gasteiger charge is -2.02. The Morgan fingerprint density at radius 3 is 2.55 bits per heavy atom. The Hall–Kier alpha value is -3.15. The van der Waals surface area contributed by atoms with E-state index in [0.717, 1.165) is 5.56 Å². The second kappa shape index (κ2) is 7.03. The summed E-state index contributed by atoms with van der Waals surface area (Å²) in [5.41, 5.74) is 4.32. The summed E-state index contributed by atoms with van der Waals surface area (Å²) < 4.78 is 4.92. The van der Waals surface area contributed by atoms with E-state index in [1.807, 2.05) is 0 Å². The second-order valence-corrected chi connectivity index (χ2v) is 4.42. The maximum Gasteiger partial charge on any atom is 0.335 e. The molecule has 0 aliphatic carbocycles. The van der Waals surface area contributed by atoms with Crippen molar-refractivity contribution in [1.82, 2.24) is 0 Å². The van der Waals surface area contributed by atoms with Crippen molar-refractivity contribution in [2.24, 2.45) is 5.10 Å². The molecule has 2 aromatic rings. The highest BCUT2D eigenvalue weighted by Gasteiger charge is 2.02. The molecule has 2 rings (SSSR count). The van der Waals surface area contributed by atoms with E-state index in [9.17, 15) is 9.59 Å². The number of esters is 1. The molecule has 0 aliphatic heterocycles. The molecule has 0 aromatic heterocycles. The lowest BCUT2D eigenvalue weighted by atomic mass is 10.2. The first kappa shape index (κ1) is 15.2. The Kier molecular flexibility index (Phi) is 4.87. The summed E-state index contributed by atoms with van der Waals surface area (Å²) >= 11 is 0. The number of hydrazone groups is 1. The lowest BCUT2D eigenvalue weighted by molar-refractivity contribution is -0.131. The van der Waals surface area contributed by atoms with E-state index in [-0.39, 0.29) is 11.5 Å². The third-order valence-corrected chi connectivity index (χ3v) is 2.66. The minimum atomic E-state index is -0.992. The van der Waals surface area contributed by atoms with Crippen molar-refractivity contribution in [3.63, 3.8) is 0 Å². The maximum atomic E-state index is 10.9. The monoisotopic (exact) mass is 298 g/mol. The summed E-state index contributed by atoms with van der Waals surface area (Å²) in [6.45, 7) is 1.34. The smallest absolute Gasteiger partial charge is 0.335 e.